The minimum absolute atomic E-state index is 0.0117. The summed E-state index contributed by atoms with van der Waals surface area (Å²) in [5.74, 6) is 0. The van der Waals surface area contributed by atoms with Crippen molar-refractivity contribution in [1.82, 2.24) is 4.48 Å². The Bertz CT molecular complexity index is 3230. The van der Waals surface area contributed by atoms with Crippen molar-refractivity contribution in [3.63, 3.8) is 0 Å². The van der Waals surface area contributed by atoms with Crippen LogP contribution in [0.15, 0.2) is 140 Å². The Labute approximate surface area is 322 Å². The molecule has 12 rings (SSSR count). The van der Waals surface area contributed by atoms with Gasteiger partial charge in [0.1, 0.15) is 0 Å². The largest absolute Gasteiger partial charge is 0.367 e. The number of benzene rings is 7. The SMILES string of the molecule is Cc1cc2c3c(c1)N(c1ccc(C(C)(C)C)cc1-c1ccccc1)c1cc4sc5ccccc5c4cc1B3n1c3sc4ccccc4c3c3cccc-2c31. The summed E-state index contributed by atoms with van der Waals surface area (Å²) in [4.78, 5) is 3.97. The molecule has 5 heteroatoms. The maximum Gasteiger partial charge on any atom is 0.333 e. The highest BCUT2D eigenvalue weighted by molar-refractivity contribution is 7.26. The number of hydrogen-bond donors (Lipinski definition) is 0. The molecule has 3 aromatic heterocycles. The zero-order valence-corrected chi connectivity index (χ0v) is 32.2. The summed E-state index contributed by atoms with van der Waals surface area (Å²) in [5.41, 5.74) is 15.6. The molecular weight excluding hydrogens is 691 g/mol. The van der Waals surface area contributed by atoms with Crippen LogP contribution in [0, 0.1) is 6.92 Å². The predicted molar refractivity (Wildman–Crippen MR) is 237 cm³/mol. The number of aryl methyl sites for hydroxylation is 1. The minimum atomic E-state index is 0.0117. The van der Waals surface area contributed by atoms with Gasteiger partial charge in [-0.25, -0.2) is 0 Å². The molecule has 5 heterocycles. The topological polar surface area (TPSA) is 8.17 Å². The second-order valence-electron chi connectivity index (χ2n) is 16.2. The first-order valence-corrected chi connectivity index (χ1v) is 20.5. The zero-order chi connectivity index (χ0) is 36.0. The van der Waals surface area contributed by atoms with Crippen LogP contribution in [0.4, 0.5) is 17.1 Å². The molecule has 0 radical (unpaired) electrons. The van der Waals surface area contributed by atoms with Gasteiger partial charge in [0.05, 0.1) is 10.5 Å². The molecule has 0 saturated carbocycles. The van der Waals surface area contributed by atoms with E-state index in [1.165, 1.54) is 113 Å². The van der Waals surface area contributed by atoms with Crippen LogP contribution in [-0.2, 0) is 5.41 Å². The predicted octanol–water partition coefficient (Wildman–Crippen LogP) is 13.1. The molecule has 0 saturated heterocycles. The minimum Gasteiger partial charge on any atom is -0.367 e. The average molecular weight is 727 g/mol. The molecular formula is C49H35BN2S2. The van der Waals surface area contributed by atoms with E-state index in [-0.39, 0.29) is 12.3 Å². The third-order valence-corrected chi connectivity index (χ3v) is 14.3. The smallest absolute Gasteiger partial charge is 0.333 e. The highest BCUT2D eigenvalue weighted by Gasteiger charge is 2.44. The van der Waals surface area contributed by atoms with Gasteiger partial charge in [0, 0.05) is 69.0 Å². The van der Waals surface area contributed by atoms with Gasteiger partial charge in [0.2, 0.25) is 0 Å². The first-order valence-electron chi connectivity index (χ1n) is 18.9. The van der Waals surface area contributed by atoms with E-state index in [1.54, 1.807) is 0 Å². The lowest BCUT2D eigenvalue weighted by molar-refractivity contribution is 0.590. The molecule has 2 aliphatic heterocycles. The molecule has 256 valence electrons. The van der Waals surface area contributed by atoms with Crippen LogP contribution in [0.1, 0.15) is 31.9 Å². The second-order valence-corrected chi connectivity index (χ2v) is 18.3. The van der Waals surface area contributed by atoms with Crippen LogP contribution in [0.25, 0.3) is 73.6 Å². The molecule has 0 spiro atoms. The number of rotatable bonds is 2. The lowest BCUT2D eigenvalue weighted by Crippen LogP contribution is -2.56. The van der Waals surface area contributed by atoms with Crippen molar-refractivity contribution < 1.29 is 0 Å². The molecule has 0 bridgehead atoms. The van der Waals surface area contributed by atoms with Gasteiger partial charge in [0.25, 0.3) is 0 Å². The molecule has 0 fully saturated rings. The Morgan fingerprint density at radius 1 is 0.537 bits per heavy atom. The Hall–Kier alpha value is -5.62. The molecule has 10 aromatic rings. The number of hydrogen-bond acceptors (Lipinski definition) is 3. The number of fused-ring (bicyclic) bond motifs is 12. The lowest BCUT2D eigenvalue weighted by Gasteiger charge is -2.41. The fourth-order valence-electron chi connectivity index (χ4n) is 9.56. The highest BCUT2D eigenvalue weighted by Crippen LogP contribution is 2.51. The molecule has 2 aliphatic rings. The van der Waals surface area contributed by atoms with Crippen LogP contribution in [0.5, 0.6) is 0 Å². The number of para-hydroxylation sites is 1. The second kappa shape index (κ2) is 10.8. The number of nitrogens with zero attached hydrogens (tertiary/aromatic N) is 2. The maximum absolute atomic E-state index is 2.73. The Kier molecular flexibility index (Phi) is 6.13. The summed E-state index contributed by atoms with van der Waals surface area (Å²) < 4.78 is 6.73. The molecule has 2 nitrogen and oxygen atoms in total. The molecule has 0 N–H and O–H groups in total. The van der Waals surface area contributed by atoms with Gasteiger partial charge in [-0.2, -0.15) is 0 Å². The highest BCUT2D eigenvalue weighted by atomic mass is 32.1. The number of thiophene rings is 2. The van der Waals surface area contributed by atoms with E-state index < -0.39 is 0 Å². The summed E-state index contributed by atoms with van der Waals surface area (Å²) in [6.45, 7) is 9.24. The van der Waals surface area contributed by atoms with Crippen LogP contribution in [0.2, 0.25) is 0 Å². The van der Waals surface area contributed by atoms with Crippen LogP contribution >= 0.6 is 22.7 Å². The van der Waals surface area contributed by atoms with Gasteiger partial charge in [-0.05, 0) is 81.9 Å². The van der Waals surface area contributed by atoms with Crippen molar-refractivity contribution in [3.05, 3.63) is 151 Å². The fourth-order valence-corrected chi connectivity index (χ4v) is 11.9. The van der Waals surface area contributed by atoms with E-state index in [2.05, 4.69) is 177 Å². The van der Waals surface area contributed by atoms with Crippen molar-refractivity contribution in [3.8, 4) is 22.3 Å². The monoisotopic (exact) mass is 726 g/mol. The van der Waals surface area contributed by atoms with Crippen molar-refractivity contribution >= 4 is 109 Å². The van der Waals surface area contributed by atoms with Gasteiger partial charge in [-0.3, -0.25) is 0 Å². The summed E-state index contributed by atoms with van der Waals surface area (Å²) in [6.07, 6.45) is 0. The maximum atomic E-state index is 2.73. The van der Waals surface area contributed by atoms with Gasteiger partial charge in [-0.1, -0.05) is 124 Å². The first-order chi connectivity index (χ1) is 26.3. The molecule has 0 unspecified atom stereocenters. The Morgan fingerprint density at radius 2 is 1.28 bits per heavy atom. The third kappa shape index (κ3) is 4.06. The van der Waals surface area contributed by atoms with Crippen molar-refractivity contribution in [2.75, 3.05) is 4.90 Å². The molecule has 0 aliphatic carbocycles. The molecule has 0 atom stereocenters. The van der Waals surface area contributed by atoms with E-state index in [0.717, 1.165) is 0 Å². The average Bonchev–Trinajstić information content (AvgIpc) is 3.84. The molecule has 7 aromatic carbocycles. The first kappa shape index (κ1) is 30.8. The fraction of sp³-hybridized carbons (Fsp3) is 0.102. The molecule has 0 amide bonds. The molecule has 54 heavy (non-hydrogen) atoms. The van der Waals surface area contributed by atoms with Crippen LogP contribution in [0.3, 0.4) is 0 Å². The van der Waals surface area contributed by atoms with Gasteiger partial charge >= 0.3 is 6.85 Å². The van der Waals surface area contributed by atoms with E-state index in [9.17, 15) is 0 Å². The third-order valence-electron chi connectivity index (χ3n) is 12.0. The van der Waals surface area contributed by atoms with Crippen LogP contribution in [-0.4, -0.2) is 11.3 Å². The van der Waals surface area contributed by atoms with E-state index in [4.69, 9.17) is 0 Å². The van der Waals surface area contributed by atoms with Gasteiger partial charge < -0.3 is 9.38 Å². The van der Waals surface area contributed by atoms with E-state index in [1.807, 2.05) is 22.7 Å². The standard InChI is InChI=1S/C49H35BN2S2/c1-28-23-37-32-17-12-18-34-45-33-16-9-11-20-43(33)54-48(45)52(47(32)34)50-38-26-36-31-15-8-10-19-42(31)53-44(36)27-40(38)51(41(24-28)46(37)50)39-22-21-30(49(2,3)4)25-35(39)29-13-6-5-7-14-29/h5-27H,1-4H3. The summed E-state index contributed by atoms with van der Waals surface area (Å²) in [7, 11) is 0. The summed E-state index contributed by atoms with van der Waals surface area (Å²) in [6, 6.07) is 53.1. The van der Waals surface area contributed by atoms with Crippen LogP contribution < -0.4 is 15.8 Å². The van der Waals surface area contributed by atoms with E-state index >= 15 is 0 Å². The van der Waals surface area contributed by atoms with Gasteiger partial charge in [-0.15, -0.1) is 22.7 Å². The Balaban J connectivity index is 1.26. The number of anilines is 3. The number of aromatic nitrogens is 1. The van der Waals surface area contributed by atoms with E-state index in [0.29, 0.717) is 0 Å². The van der Waals surface area contributed by atoms with Crippen molar-refractivity contribution in [2.45, 2.75) is 33.1 Å². The lowest BCUT2D eigenvalue weighted by atomic mass is 9.45. The normalized spacial score (nSPS) is 13.5. The van der Waals surface area contributed by atoms with Gasteiger partial charge in [0.15, 0.2) is 0 Å². The summed E-state index contributed by atoms with van der Waals surface area (Å²) in [5, 5.41) is 6.76. The zero-order valence-electron chi connectivity index (χ0n) is 30.6. The quantitative estimate of drug-likeness (QED) is 0.161. The summed E-state index contributed by atoms with van der Waals surface area (Å²) >= 11 is 3.85. The van der Waals surface area contributed by atoms with Crippen molar-refractivity contribution in [1.29, 1.82) is 0 Å². The Morgan fingerprint density at radius 3 is 2.09 bits per heavy atom. The van der Waals surface area contributed by atoms with Crippen molar-refractivity contribution in [2.24, 2.45) is 0 Å².